The predicted molar refractivity (Wildman–Crippen MR) is 61.2 cm³/mol. The monoisotopic (exact) mass is 236 g/mol. The van der Waals surface area contributed by atoms with E-state index in [9.17, 15) is 4.79 Å². The summed E-state index contributed by atoms with van der Waals surface area (Å²) in [4.78, 5) is 11.7. The predicted octanol–water partition coefficient (Wildman–Crippen LogP) is 2.05. The maximum Gasteiger partial charge on any atom is 0.338 e. The van der Waals surface area contributed by atoms with Crippen molar-refractivity contribution in [2.45, 2.75) is 31.8 Å². The van der Waals surface area contributed by atoms with Crippen LogP contribution >= 0.6 is 0 Å². The Labute approximate surface area is 100 Å². The van der Waals surface area contributed by atoms with Crippen LogP contribution in [0.3, 0.4) is 0 Å². The van der Waals surface area contributed by atoms with Gasteiger partial charge in [-0.2, -0.15) is 0 Å². The van der Waals surface area contributed by atoms with Gasteiger partial charge in [0, 0.05) is 0 Å². The molecule has 1 aromatic carbocycles. The van der Waals surface area contributed by atoms with Gasteiger partial charge in [-0.1, -0.05) is 30.3 Å². The molecule has 0 aromatic heterocycles. The molecule has 92 valence electrons. The lowest BCUT2D eigenvalue weighted by Gasteiger charge is -2.16. The second-order valence-electron chi connectivity index (χ2n) is 4.41. The van der Waals surface area contributed by atoms with Crippen LogP contribution in [0.1, 0.15) is 25.5 Å². The van der Waals surface area contributed by atoms with Gasteiger partial charge >= 0.3 is 5.97 Å². The Hall–Kier alpha value is -1.39. The van der Waals surface area contributed by atoms with Crippen molar-refractivity contribution in [1.82, 2.24) is 0 Å². The molecule has 1 fully saturated rings. The molecule has 4 nitrogen and oxygen atoms in total. The number of rotatable bonds is 2. The van der Waals surface area contributed by atoms with Crippen LogP contribution in [0.4, 0.5) is 0 Å². The zero-order chi connectivity index (χ0) is 12.5. The summed E-state index contributed by atoms with van der Waals surface area (Å²) in [6.07, 6.45) is -1.13. The molecule has 0 saturated carbocycles. The number of methoxy groups -OCH3 is 1. The highest BCUT2D eigenvalue weighted by Crippen LogP contribution is 2.38. The Balaban J connectivity index is 2.28. The molecule has 1 saturated heterocycles. The highest BCUT2D eigenvalue weighted by Gasteiger charge is 2.46. The van der Waals surface area contributed by atoms with Crippen LogP contribution < -0.4 is 0 Å². The van der Waals surface area contributed by atoms with Crippen molar-refractivity contribution >= 4 is 5.97 Å². The van der Waals surface area contributed by atoms with Gasteiger partial charge < -0.3 is 14.2 Å². The first-order chi connectivity index (χ1) is 8.03. The maximum absolute atomic E-state index is 11.7. The molecule has 17 heavy (non-hydrogen) atoms. The standard InChI is InChI=1S/C13H16O4/c1-13(2)16-10(9-7-5-4-6-8-9)11(17-13)12(14)15-3/h4-8,10-11H,1-3H3/t10-,11+/m0/s1. The molecule has 1 heterocycles. The smallest absolute Gasteiger partial charge is 0.338 e. The third-order valence-corrected chi connectivity index (χ3v) is 2.66. The highest BCUT2D eigenvalue weighted by atomic mass is 16.8. The number of ether oxygens (including phenoxy) is 3. The molecule has 0 spiro atoms. The van der Waals surface area contributed by atoms with Crippen LogP contribution in [0.5, 0.6) is 0 Å². The third kappa shape index (κ3) is 2.48. The fourth-order valence-electron chi connectivity index (χ4n) is 1.94. The number of benzene rings is 1. The Morgan fingerprint density at radius 2 is 1.88 bits per heavy atom. The molecule has 0 radical (unpaired) electrons. The first kappa shape index (κ1) is 12.1. The quantitative estimate of drug-likeness (QED) is 0.737. The summed E-state index contributed by atoms with van der Waals surface area (Å²) in [7, 11) is 1.35. The molecule has 4 heteroatoms. The SMILES string of the molecule is COC(=O)[C@@H]1OC(C)(C)O[C@H]1c1ccccc1. The number of carbonyl (C=O) groups excluding carboxylic acids is 1. The number of esters is 1. The molecule has 0 unspecified atom stereocenters. The number of hydrogen-bond acceptors (Lipinski definition) is 4. The van der Waals surface area contributed by atoms with E-state index in [1.807, 2.05) is 30.3 Å². The first-order valence-electron chi connectivity index (χ1n) is 5.52. The minimum atomic E-state index is -0.778. The molecule has 1 aliphatic rings. The molecule has 1 aliphatic heterocycles. The van der Waals surface area contributed by atoms with E-state index in [0.29, 0.717) is 0 Å². The van der Waals surface area contributed by atoms with Crippen molar-refractivity contribution in [3.63, 3.8) is 0 Å². The lowest BCUT2D eigenvalue weighted by Crippen LogP contribution is -2.28. The Morgan fingerprint density at radius 3 is 2.47 bits per heavy atom. The minimum absolute atomic E-state index is 0.413. The summed E-state index contributed by atoms with van der Waals surface area (Å²) in [6, 6.07) is 9.53. The topological polar surface area (TPSA) is 44.8 Å². The van der Waals surface area contributed by atoms with Gasteiger partial charge in [-0.15, -0.1) is 0 Å². The highest BCUT2D eigenvalue weighted by molar-refractivity contribution is 5.76. The fourth-order valence-corrected chi connectivity index (χ4v) is 1.94. The van der Waals surface area contributed by atoms with Gasteiger partial charge in [-0.25, -0.2) is 4.79 Å². The van der Waals surface area contributed by atoms with Gasteiger partial charge in [0.2, 0.25) is 0 Å². The normalized spacial score (nSPS) is 26.8. The summed E-state index contributed by atoms with van der Waals surface area (Å²) in [5.74, 6) is -1.19. The zero-order valence-corrected chi connectivity index (χ0v) is 10.2. The molecular formula is C13H16O4. The van der Waals surface area contributed by atoms with E-state index in [1.165, 1.54) is 7.11 Å². The second kappa shape index (κ2) is 4.47. The summed E-state index contributed by atoms with van der Waals surface area (Å²) in [6.45, 7) is 3.57. The molecular weight excluding hydrogens is 220 g/mol. The first-order valence-corrected chi connectivity index (χ1v) is 5.52. The van der Waals surface area contributed by atoms with E-state index >= 15 is 0 Å². The molecule has 0 bridgehead atoms. The molecule has 2 rings (SSSR count). The average Bonchev–Trinajstić information content (AvgIpc) is 2.65. The molecule has 2 atom stereocenters. The third-order valence-electron chi connectivity index (χ3n) is 2.66. The van der Waals surface area contributed by atoms with Crippen LogP contribution in [0, 0.1) is 0 Å². The maximum atomic E-state index is 11.7. The fraction of sp³-hybridized carbons (Fsp3) is 0.462. The van der Waals surface area contributed by atoms with E-state index in [-0.39, 0.29) is 0 Å². The van der Waals surface area contributed by atoms with Gasteiger partial charge in [-0.3, -0.25) is 0 Å². The van der Waals surface area contributed by atoms with Gasteiger partial charge in [0.15, 0.2) is 11.9 Å². The van der Waals surface area contributed by atoms with Crippen molar-refractivity contribution in [3.05, 3.63) is 35.9 Å². The Kier molecular flexibility index (Phi) is 3.17. The van der Waals surface area contributed by atoms with Crippen molar-refractivity contribution < 1.29 is 19.0 Å². The van der Waals surface area contributed by atoms with E-state index < -0.39 is 24.0 Å². The van der Waals surface area contributed by atoms with Crippen LogP contribution in [-0.2, 0) is 19.0 Å². The molecule has 1 aromatic rings. The van der Waals surface area contributed by atoms with Gasteiger partial charge in [0.25, 0.3) is 0 Å². The summed E-state index contributed by atoms with van der Waals surface area (Å²) < 4.78 is 16.1. The van der Waals surface area contributed by atoms with Crippen molar-refractivity contribution in [1.29, 1.82) is 0 Å². The van der Waals surface area contributed by atoms with Crippen LogP contribution in [0.15, 0.2) is 30.3 Å². The second-order valence-corrected chi connectivity index (χ2v) is 4.41. The van der Waals surface area contributed by atoms with Crippen molar-refractivity contribution in [3.8, 4) is 0 Å². The largest absolute Gasteiger partial charge is 0.467 e. The van der Waals surface area contributed by atoms with E-state index in [4.69, 9.17) is 14.2 Å². The van der Waals surface area contributed by atoms with Crippen LogP contribution in [-0.4, -0.2) is 25.0 Å². The lowest BCUT2D eigenvalue weighted by atomic mass is 10.0. The number of carbonyl (C=O) groups is 1. The number of hydrogen-bond donors (Lipinski definition) is 0. The molecule has 0 N–H and O–H groups in total. The molecule has 0 amide bonds. The van der Waals surface area contributed by atoms with Crippen LogP contribution in [0.25, 0.3) is 0 Å². The zero-order valence-electron chi connectivity index (χ0n) is 10.2. The average molecular weight is 236 g/mol. The van der Waals surface area contributed by atoms with Gasteiger partial charge in [0.05, 0.1) is 7.11 Å². The Bertz CT molecular complexity index is 399. The van der Waals surface area contributed by atoms with E-state index in [2.05, 4.69) is 0 Å². The van der Waals surface area contributed by atoms with E-state index in [1.54, 1.807) is 13.8 Å². The summed E-state index contributed by atoms with van der Waals surface area (Å²) >= 11 is 0. The lowest BCUT2D eigenvalue weighted by molar-refractivity contribution is -0.168. The van der Waals surface area contributed by atoms with Gasteiger partial charge in [-0.05, 0) is 19.4 Å². The summed E-state index contributed by atoms with van der Waals surface area (Å²) in [5, 5.41) is 0. The van der Waals surface area contributed by atoms with E-state index in [0.717, 1.165) is 5.56 Å². The molecule has 0 aliphatic carbocycles. The van der Waals surface area contributed by atoms with Crippen molar-refractivity contribution in [2.24, 2.45) is 0 Å². The van der Waals surface area contributed by atoms with Crippen LogP contribution in [0.2, 0.25) is 0 Å². The summed E-state index contributed by atoms with van der Waals surface area (Å²) in [5.41, 5.74) is 0.911. The Morgan fingerprint density at radius 1 is 1.24 bits per heavy atom. The van der Waals surface area contributed by atoms with Crippen molar-refractivity contribution in [2.75, 3.05) is 7.11 Å². The minimum Gasteiger partial charge on any atom is -0.467 e. The van der Waals surface area contributed by atoms with Gasteiger partial charge in [0.1, 0.15) is 6.10 Å².